The minimum absolute atomic E-state index is 0.0429. The first-order valence-electron chi connectivity index (χ1n) is 7.07. The smallest absolute Gasteiger partial charge is 0.245 e. The predicted molar refractivity (Wildman–Crippen MR) is 73.4 cm³/mol. The van der Waals surface area contributed by atoms with Crippen molar-refractivity contribution in [1.82, 2.24) is 10.2 Å². The van der Waals surface area contributed by atoms with E-state index in [9.17, 15) is 14.7 Å². The summed E-state index contributed by atoms with van der Waals surface area (Å²) in [6, 6.07) is -0.489. The molecule has 1 saturated heterocycles. The van der Waals surface area contributed by atoms with Gasteiger partial charge in [0.1, 0.15) is 6.04 Å². The van der Waals surface area contributed by atoms with Crippen LogP contribution >= 0.6 is 0 Å². The maximum absolute atomic E-state index is 12.4. The average Bonchev–Trinajstić information content (AvgIpc) is 2.70. The molecular weight excluding hydrogens is 244 g/mol. The number of amides is 2. The van der Waals surface area contributed by atoms with Gasteiger partial charge >= 0.3 is 0 Å². The Morgan fingerprint density at radius 1 is 1.32 bits per heavy atom. The third kappa shape index (κ3) is 4.82. The van der Waals surface area contributed by atoms with E-state index >= 15 is 0 Å². The molecule has 2 atom stereocenters. The molecule has 2 amide bonds. The molecule has 1 unspecified atom stereocenters. The van der Waals surface area contributed by atoms with E-state index < -0.39 is 12.1 Å². The monoisotopic (exact) mass is 270 g/mol. The summed E-state index contributed by atoms with van der Waals surface area (Å²) in [7, 11) is 0. The number of aliphatic hydroxyl groups excluding tert-OH is 1. The van der Waals surface area contributed by atoms with Crippen molar-refractivity contribution in [3.63, 3.8) is 0 Å². The Balaban J connectivity index is 2.61. The first kappa shape index (κ1) is 16.0. The van der Waals surface area contributed by atoms with Crippen LogP contribution in [0.15, 0.2) is 0 Å². The lowest BCUT2D eigenvalue weighted by molar-refractivity contribution is -0.137. The van der Waals surface area contributed by atoms with Gasteiger partial charge in [-0.2, -0.15) is 0 Å². The minimum Gasteiger partial charge on any atom is -0.391 e. The van der Waals surface area contributed by atoms with Crippen molar-refractivity contribution < 1.29 is 14.7 Å². The van der Waals surface area contributed by atoms with E-state index in [0.717, 1.165) is 0 Å². The number of rotatable bonds is 5. The topological polar surface area (TPSA) is 69.6 Å². The summed E-state index contributed by atoms with van der Waals surface area (Å²) in [6.45, 7) is 8.74. The summed E-state index contributed by atoms with van der Waals surface area (Å²) in [5, 5.41) is 12.3. The molecule has 1 fully saturated rings. The standard InChI is InChI=1S/C14H26N2O3/c1-9(2)7-12(18)15-13(10(3)4)14(19)16-6-5-11(17)8-16/h9-11,13,17H,5-8H2,1-4H3,(H,15,18)/t11-,13?/m1/s1. The van der Waals surface area contributed by atoms with Crippen molar-refractivity contribution in [1.29, 1.82) is 0 Å². The number of aliphatic hydroxyl groups is 1. The van der Waals surface area contributed by atoms with Gasteiger partial charge in [0.2, 0.25) is 11.8 Å². The highest BCUT2D eigenvalue weighted by Gasteiger charge is 2.32. The molecule has 0 spiro atoms. The fourth-order valence-corrected chi connectivity index (χ4v) is 2.26. The highest BCUT2D eigenvalue weighted by atomic mass is 16.3. The summed E-state index contributed by atoms with van der Waals surface area (Å²) in [4.78, 5) is 25.8. The molecule has 0 bridgehead atoms. The quantitative estimate of drug-likeness (QED) is 0.775. The molecule has 1 heterocycles. The lowest BCUT2D eigenvalue weighted by Crippen LogP contribution is -2.51. The molecule has 0 radical (unpaired) electrons. The summed E-state index contributed by atoms with van der Waals surface area (Å²) in [6.07, 6.45) is 0.624. The Labute approximate surface area is 115 Å². The number of carbonyl (C=O) groups excluding carboxylic acids is 2. The SMILES string of the molecule is CC(C)CC(=O)NC(C(=O)N1CC[C@@H](O)C1)C(C)C. The molecule has 0 aromatic heterocycles. The van der Waals surface area contributed by atoms with Crippen LogP contribution in [-0.2, 0) is 9.59 Å². The van der Waals surface area contributed by atoms with Crippen LogP contribution in [-0.4, -0.2) is 47.1 Å². The number of nitrogens with one attached hydrogen (secondary N) is 1. The Bertz CT molecular complexity index is 329. The third-order valence-corrected chi connectivity index (χ3v) is 3.32. The summed E-state index contributed by atoms with van der Waals surface area (Å²) >= 11 is 0. The van der Waals surface area contributed by atoms with Crippen molar-refractivity contribution >= 4 is 11.8 Å². The Morgan fingerprint density at radius 3 is 2.37 bits per heavy atom. The molecule has 0 saturated carbocycles. The second-order valence-corrected chi connectivity index (χ2v) is 6.11. The van der Waals surface area contributed by atoms with Gasteiger partial charge in [-0.1, -0.05) is 27.7 Å². The van der Waals surface area contributed by atoms with E-state index in [4.69, 9.17) is 0 Å². The van der Waals surface area contributed by atoms with Gasteiger partial charge in [-0.05, 0) is 18.3 Å². The highest BCUT2D eigenvalue weighted by molar-refractivity contribution is 5.88. The molecule has 2 N–H and O–H groups in total. The zero-order chi connectivity index (χ0) is 14.6. The third-order valence-electron chi connectivity index (χ3n) is 3.32. The van der Waals surface area contributed by atoms with Gasteiger partial charge < -0.3 is 15.3 Å². The van der Waals surface area contributed by atoms with Crippen molar-refractivity contribution in [2.45, 2.75) is 52.7 Å². The Kier molecular flexibility index (Phi) is 5.79. The zero-order valence-electron chi connectivity index (χ0n) is 12.3. The van der Waals surface area contributed by atoms with Crippen LogP contribution in [0.5, 0.6) is 0 Å². The molecule has 19 heavy (non-hydrogen) atoms. The number of likely N-dealkylation sites (tertiary alicyclic amines) is 1. The highest BCUT2D eigenvalue weighted by Crippen LogP contribution is 2.14. The molecule has 5 heteroatoms. The first-order chi connectivity index (χ1) is 8.81. The fraction of sp³-hybridized carbons (Fsp3) is 0.857. The molecule has 0 aromatic rings. The van der Waals surface area contributed by atoms with Crippen molar-refractivity contribution in [3.05, 3.63) is 0 Å². The minimum atomic E-state index is -0.489. The maximum atomic E-state index is 12.4. The van der Waals surface area contributed by atoms with Gasteiger partial charge in [0.05, 0.1) is 6.10 Å². The number of β-amino-alcohol motifs (C(OH)–C–C–N with tert-alkyl or cyclic N) is 1. The fourth-order valence-electron chi connectivity index (χ4n) is 2.26. The maximum Gasteiger partial charge on any atom is 0.245 e. The molecule has 5 nitrogen and oxygen atoms in total. The number of nitrogens with zero attached hydrogens (tertiary/aromatic N) is 1. The number of carbonyl (C=O) groups is 2. The van der Waals surface area contributed by atoms with Gasteiger partial charge in [-0.25, -0.2) is 0 Å². The van der Waals surface area contributed by atoms with Crippen LogP contribution in [0.1, 0.15) is 40.5 Å². The van der Waals surface area contributed by atoms with Crippen LogP contribution in [0, 0.1) is 11.8 Å². The molecule has 0 aromatic carbocycles. The molecule has 110 valence electrons. The molecule has 0 aliphatic carbocycles. The molecule has 1 rings (SSSR count). The lowest BCUT2D eigenvalue weighted by Gasteiger charge is -2.27. The van der Waals surface area contributed by atoms with E-state index in [2.05, 4.69) is 5.32 Å². The van der Waals surface area contributed by atoms with Gasteiger partial charge in [-0.15, -0.1) is 0 Å². The average molecular weight is 270 g/mol. The van der Waals surface area contributed by atoms with E-state index in [0.29, 0.717) is 25.9 Å². The Morgan fingerprint density at radius 2 is 1.95 bits per heavy atom. The van der Waals surface area contributed by atoms with Crippen LogP contribution in [0.25, 0.3) is 0 Å². The van der Waals surface area contributed by atoms with E-state index in [1.807, 2.05) is 27.7 Å². The summed E-state index contributed by atoms with van der Waals surface area (Å²) < 4.78 is 0. The van der Waals surface area contributed by atoms with Crippen LogP contribution in [0.4, 0.5) is 0 Å². The molecular formula is C14H26N2O3. The predicted octanol–water partition coefficient (Wildman–Crippen LogP) is 0.766. The van der Waals surface area contributed by atoms with Gasteiger partial charge in [0.25, 0.3) is 0 Å². The lowest BCUT2D eigenvalue weighted by atomic mass is 10.0. The van der Waals surface area contributed by atoms with Crippen LogP contribution < -0.4 is 5.32 Å². The largest absolute Gasteiger partial charge is 0.391 e. The second-order valence-electron chi connectivity index (χ2n) is 6.11. The van der Waals surface area contributed by atoms with E-state index in [1.165, 1.54) is 0 Å². The zero-order valence-corrected chi connectivity index (χ0v) is 12.3. The second kappa shape index (κ2) is 6.89. The van der Waals surface area contributed by atoms with Crippen molar-refractivity contribution in [2.75, 3.05) is 13.1 Å². The van der Waals surface area contributed by atoms with Crippen molar-refractivity contribution in [3.8, 4) is 0 Å². The van der Waals surface area contributed by atoms with Crippen LogP contribution in [0.3, 0.4) is 0 Å². The van der Waals surface area contributed by atoms with Gasteiger partial charge in [0, 0.05) is 19.5 Å². The first-order valence-corrected chi connectivity index (χ1v) is 7.07. The van der Waals surface area contributed by atoms with E-state index in [1.54, 1.807) is 4.90 Å². The summed E-state index contributed by atoms with van der Waals surface area (Å²) in [5.74, 6) is 0.156. The van der Waals surface area contributed by atoms with Gasteiger partial charge in [-0.3, -0.25) is 9.59 Å². The number of hydrogen-bond acceptors (Lipinski definition) is 3. The van der Waals surface area contributed by atoms with E-state index in [-0.39, 0.29) is 23.7 Å². The Hall–Kier alpha value is -1.10. The molecule has 1 aliphatic rings. The normalized spacial score (nSPS) is 21.0. The summed E-state index contributed by atoms with van der Waals surface area (Å²) in [5.41, 5.74) is 0. The van der Waals surface area contributed by atoms with Crippen molar-refractivity contribution in [2.24, 2.45) is 11.8 Å². The molecule has 1 aliphatic heterocycles. The van der Waals surface area contributed by atoms with Gasteiger partial charge in [0.15, 0.2) is 0 Å². The number of hydrogen-bond donors (Lipinski definition) is 2. The van der Waals surface area contributed by atoms with Crippen LogP contribution in [0.2, 0.25) is 0 Å².